The van der Waals surface area contributed by atoms with E-state index < -0.39 is 0 Å². The topological polar surface area (TPSA) is 72.3 Å². The van der Waals surface area contributed by atoms with Crippen molar-refractivity contribution in [3.63, 3.8) is 0 Å². The van der Waals surface area contributed by atoms with E-state index in [1.807, 2.05) is 6.07 Å². The predicted octanol–water partition coefficient (Wildman–Crippen LogP) is 2.45. The molecule has 1 N–H and O–H groups in total. The highest BCUT2D eigenvalue weighted by atomic mass is 16.5. The Labute approximate surface area is 183 Å². The van der Waals surface area contributed by atoms with Crippen molar-refractivity contribution in [2.75, 3.05) is 27.3 Å². The SMILES string of the molecule is COc1ccc(/C=C2\Oc3c(ccc([O-])c3C[NH+]3CC(C)CC(C)C3)C2=O)cc1OC. The molecule has 0 spiro atoms. The van der Waals surface area contributed by atoms with Gasteiger partial charge >= 0.3 is 0 Å². The minimum absolute atomic E-state index is 0.0719. The normalized spacial score (nSPS) is 24.1. The van der Waals surface area contributed by atoms with Crippen molar-refractivity contribution in [3.8, 4) is 23.0 Å². The first kappa shape index (κ1) is 21.2. The summed E-state index contributed by atoms with van der Waals surface area (Å²) >= 11 is 0. The molecule has 2 aliphatic heterocycles. The highest BCUT2D eigenvalue weighted by Gasteiger charge is 2.32. The van der Waals surface area contributed by atoms with Gasteiger partial charge < -0.3 is 24.2 Å². The Morgan fingerprint density at radius 1 is 1.10 bits per heavy atom. The maximum absolute atomic E-state index is 13.0. The zero-order valence-electron chi connectivity index (χ0n) is 18.5. The lowest BCUT2D eigenvalue weighted by atomic mass is 9.91. The summed E-state index contributed by atoms with van der Waals surface area (Å²) in [7, 11) is 3.14. The lowest BCUT2D eigenvalue weighted by molar-refractivity contribution is -0.925. The Bertz CT molecular complexity index is 1020. The Morgan fingerprint density at radius 3 is 2.48 bits per heavy atom. The van der Waals surface area contributed by atoms with Crippen LogP contribution in [0.25, 0.3) is 6.08 Å². The van der Waals surface area contributed by atoms with E-state index in [2.05, 4.69) is 13.8 Å². The molecule has 31 heavy (non-hydrogen) atoms. The highest BCUT2D eigenvalue weighted by molar-refractivity contribution is 6.15. The van der Waals surface area contributed by atoms with E-state index in [9.17, 15) is 9.90 Å². The summed E-state index contributed by atoms with van der Waals surface area (Å²) < 4.78 is 16.6. The third-order valence-corrected chi connectivity index (χ3v) is 6.11. The summed E-state index contributed by atoms with van der Waals surface area (Å²) in [5, 5.41) is 12.7. The molecule has 2 aromatic rings. The van der Waals surface area contributed by atoms with Crippen molar-refractivity contribution in [1.29, 1.82) is 0 Å². The number of carbonyl (C=O) groups excluding carboxylic acids is 1. The molecule has 164 valence electrons. The number of allylic oxidation sites excluding steroid dienone is 1. The Morgan fingerprint density at radius 2 is 1.81 bits per heavy atom. The van der Waals surface area contributed by atoms with E-state index in [4.69, 9.17) is 14.2 Å². The second-order valence-electron chi connectivity index (χ2n) is 8.75. The number of ether oxygens (including phenoxy) is 3. The summed E-state index contributed by atoms with van der Waals surface area (Å²) in [6, 6.07) is 8.46. The average molecular weight is 424 g/mol. The third-order valence-electron chi connectivity index (χ3n) is 6.11. The van der Waals surface area contributed by atoms with Gasteiger partial charge in [-0.1, -0.05) is 31.7 Å². The van der Waals surface area contributed by atoms with Crippen LogP contribution in [-0.2, 0) is 6.54 Å². The number of piperidine rings is 1. The summed E-state index contributed by atoms with van der Waals surface area (Å²) in [5.41, 5.74) is 1.80. The number of fused-ring (bicyclic) bond motifs is 1. The van der Waals surface area contributed by atoms with Crippen molar-refractivity contribution in [1.82, 2.24) is 0 Å². The van der Waals surface area contributed by atoms with Crippen molar-refractivity contribution in [2.24, 2.45) is 11.8 Å². The van der Waals surface area contributed by atoms with Gasteiger partial charge in [-0.3, -0.25) is 4.79 Å². The van der Waals surface area contributed by atoms with Gasteiger partial charge in [0.15, 0.2) is 17.3 Å². The number of likely N-dealkylation sites (tertiary alicyclic amines) is 1. The minimum Gasteiger partial charge on any atom is -0.872 e. The van der Waals surface area contributed by atoms with Gasteiger partial charge in [-0.2, -0.15) is 0 Å². The highest BCUT2D eigenvalue weighted by Crippen LogP contribution is 2.39. The number of rotatable bonds is 5. The Hall–Kier alpha value is -2.99. The van der Waals surface area contributed by atoms with Crippen molar-refractivity contribution in [3.05, 3.63) is 52.8 Å². The van der Waals surface area contributed by atoms with Crippen LogP contribution in [0.3, 0.4) is 0 Å². The number of ketones is 1. The van der Waals surface area contributed by atoms with Crippen LogP contribution in [0.4, 0.5) is 0 Å². The van der Waals surface area contributed by atoms with Crippen LogP contribution < -0.4 is 24.2 Å². The van der Waals surface area contributed by atoms with Gasteiger partial charge in [0.25, 0.3) is 0 Å². The number of methoxy groups -OCH3 is 2. The maximum atomic E-state index is 13.0. The molecule has 4 rings (SSSR count). The predicted molar refractivity (Wildman–Crippen MR) is 116 cm³/mol. The fourth-order valence-corrected chi connectivity index (χ4v) is 4.87. The van der Waals surface area contributed by atoms with Gasteiger partial charge in [-0.05, 0) is 36.3 Å². The van der Waals surface area contributed by atoms with Gasteiger partial charge in [-0.15, -0.1) is 0 Å². The first-order chi connectivity index (χ1) is 14.9. The molecule has 6 heteroatoms. The monoisotopic (exact) mass is 423 g/mol. The molecule has 0 saturated carbocycles. The van der Waals surface area contributed by atoms with Gasteiger partial charge in [0.1, 0.15) is 12.3 Å². The molecule has 0 radical (unpaired) electrons. The van der Waals surface area contributed by atoms with Crippen LogP contribution in [0.2, 0.25) is 0 Å². The fourth-order valence-electron chi connectivity index (χ4n) is 4.87. The number of benzene rings is 2. The quantitative estimate of drug-likeness (QED) is 0.748. The van der Waals surface area contributed by atoms with E-state index in [1.165, 1.54) is 17.4 Å². The standard InChI is InChI=1S/C25H29NO5/c1-15-9-16(2)13-26(12-15)14-19-20(27)7-6-18-24(28)23(31-25(18)19)11-17-5-8-21(29-3)22(10-17)30-4/h5-8,10-11,15-16,27H,9,12-14H2,1-4H3/b23-11-. The first-order valence-electron chi connectivity index (χ1n) is 10.7. The van der Waals surface area contributed by atoms with Gasteiger partial charge in [0.2, 0.25) is 5.78 Å². The number of quaternary nitrogens is 1. The van der Waals surface area contributed by atoms with E-state index >= 15 is 0 Å². The maximum Gasteiger partial charge on any atom is 0.231 e. The second kappa shape index (κ2) is 8.63. The second-order valence-corrected chi connectivity index (χ2v) is 8.75. The number of hydrogen-bond acceptors (Lipinski definition) is 5. The van der Waals surface area contributed by atoms with Crippen molar-refractivity contribution >= 4 is 11.9 Å². The van der Waals surface area contributed by atoms with E-state index in [-0.39, 0.29) is 17.3 Å². The van der Waals surface area contributed by atoms with Gasteiger partial charge in [0, 0.05) is 17.4 Å². The molecule has 2 atom stereocenters. The molecule has 0 amide bonds. The van der Waals surface area contributed by atoms with Crippen LogP contribution in [0.1, 0.15) is 41.8 Å². The molecule has 6 nitrogen and oxygen atoms in total. The fraction of sp³-hybridized carbons (Fsp3) is 0.400. The number of nitrogens with one attached hydrogen (secondary N) is 1. The van der Waals surface area contributed by atoms with Gasteiger partial charge in [-0.25, -0.2) is 0 Å². The molecule has 0 aromatic heterocycles. The van der Waals surface area contributed by atoms with Crippen molar-refractivity contribution in [2.45, 2.75) is 26.8 Å². The van der Waals surface area contributed by atoms with E-state index in [0.717, 1.165) is 18.7 Å². The van der Waals surface area contributed by atoms with Crippen LogP contribution >= 0.6 is 0 Å². The lowest BCUT2D eigenvalue weighted by Crippen LogP contribution is -3.13. The van der Waals surface area contributed by atoms with Crippen LogP contribution in [-0.4, -0.2) is 33.1 Å². The van der Waals surface area contributed by atoms with Crippen LogP contribution in [0.5, 0.6) is 23.0 Å². The van der Waals surface area contributed by atoms with E-state index in [1.54, 1.807) is 38.5 Å². The smallest absolute Gasteiger partial charge is 0.231 e. The molecule has 2 unspecified atom stereocenters. The van der Waals surface area contributed by atoms with Gasteiger partial charge in [0.05, 0.1) is 32.9 Å². The summed E-state index contributed by atoms with van der Waals surface area (Å²) in [6.45, 7) is 7.14. The summed E-state index contributed by atoms with van der Waals surface area (Å²) in [4.78, 5) is 14.3. The summed E-state index contributed by atoms with van der Waals surface area (Å²) in [6.07, 6.45) is 2.89. The summed E-state index contributed by atoms with van der Waals surface area (Å²) in [5.74, 6) is 2.77. The lowest BCUT2D eigenvalue weighted by Gasteiger charge is -2.33. The molecule has 0 aliphatic carbocycles. The zero-order valence-corrected chi connectivity index (χ0v) is 18.5. The molecular formula is C25H29NO5. The molecule has 2 aromatic carbocycles. The first-order valence-corrected chi connectivity index (χ1v) is 10.7. The molecule has 1 saturated heterocycles. The van der Waals surface area contributed by atoms with E-state index in [0.29, 0.717) is 46.8 Å². The van der Waals surface area contributed by atoms with Crippen molar-refractivity contribution < 1.29 is 29.0 Å². The zero-order chi connectivity index (χ0) is 22.1. The molecule has 1 fully saturated rings. The molecule has 2 heterocycles. The minimum atomic E-state index is -0.207. The Balaban J connectivity index is 1.63. The number of hydrogen-bond donors (Lipinski definition) is 1. The number of Topliss-reactive ketones (excluding diaryl/α,β-unsaturated/α-hetero) is 1. The number of carbonyl (C=O) groups is 1. The Kier molecular flexibility index (Phi) is 5.92. The third kappa shape index (κ3) is 4.26. The largest absolute Gasteiger partial charge is 0.872 e. The van der Waals surface area contributed by atoms with Crippen LogP contribution in [0, 0.1) is 11.8 Å². The molecule has 0 bridgehead atoms. The van der Waals surface area contributed by atoms with Crippen LogP contribution in [0.15, 0.2) is 36.1 Å². The molecule has 2 aliphatic rings. The molecular weight excluding hydrogens is 394 g/mol. The average Bonchev–Trinajstić information content (AvgIpc) is 3.05.